The van der Waals surface area contributed by atoms with Gasteiger partial charge < -0.3 is 20.3 Å². The third-order valence-electron chi connectivity index (χ3n) is 5.62. The number of guanidine groups is 1. The zero-order chi connectivity index (χ0) is 18.9. The van der Waals surface area contributed by atoms with Gasteiger partial charge in [0.25, 0.3) is 0 Å². The summed E-state index contributed by atoms with van der Waals surface area (Å²) in [4.78, 5) is 9.44. The van der Waals surface area contributed by atoms with Crippen LogP contribution in [-0.4, -0.2) is 74.8 Å². The number of nitrogens with one attached hydrogen (secondary N) is 2. The molecule has 2 heterocycles. The molecule has 1 aromatic rings. The van der Waals surface area contributed by atoms with Gasteiger partial charge in [0.15, 0.2) is 5.96 Å². The van der Waals surface area contributed by atoms with Crippen molar-refractivity contribution >= 4 is 29.9 Å². The van der Waals surface area contributed by atoms with Crippen LogP contribution in [-0.2, 0) is 17.8 Å². The molecule has 0 saturated carbocycles. The van der Waals surface area contributed by atoms with Gasteiger partial charge in [-0.05, 0) is 30.5 Å². The van der Waals surface area contributed by atoms with Crippen molar-refractivity contribution < 1.29 is 4.74 Å². The number of likely N-dealkylation sites (N-methyl/N-ethyl adjacent to an activating group) is 1. The Morgan fingerprint density at radius 2 is 1.82 bits per heavy atom. The molecule has 1 unspecified atom stereocenters. The number of hydrogen-bond donors (Lipinski definition) is 2. The number of piperazine rings is 1. The van der Waals surface area contributed by atoms with Crippen molar-refractivity contribution in [2.24, 2.45) is 4.99 Å². The van der Waals surface area contributed by atoms with Crippen molar-refractivity contribution in [2.45, 2.75) is 39.0 Å². The molecular formula is C21H36IN5O. The number of benzene rings is 1. The lowest BCUT2D eigenvalue weighted by Crippen LogP contribution is -2.45. The first-order valence-electron chi connectivity index (χ1n) is 10.4. The number of nitrogens with zero attached hydrogens (tertiary/aromatic N) is 3. The topological polar surface area (TPSA) is 52.1 Å². The maximum Gasteiger partial charge on any atom is 0.191 e. The lowest BCUT2D eigenvalue weighted by atomic mass is 10.1. The second kappa shape index (κ2) is 12.6. The van der Waals surface area contributed by atoms with E-state index in [0.717, 1.165) is 64.7 Å². The van der Waals surface area contributed by atoms with Crippen molar-refractivity contribution in [3.8, 4) is 0 Å². The van der Waals surface area contributed by atoms with Gasteiger partial charge in [-0.25, -0.2) is 0 Å². The molecule has 2 aliphatic rings. The molecule has 1 aromatic carbocycles. The van der Waals surface area contributed by atoms with E-state index >= 15 is 0 Å². The van der Waals surface area contributed by atoms with Gasteiger partial charge in [0.1, 0.15) is 0 Å². The molecule has 2 aliphatic heterocycles. The smallest absolute Gasteiger partial charge is 0.191 e. The molecule has 2 saturated heterocycles. The van der Waals surface area contributed by atoms with Crippen molar-refractivity contribution in [3.05, 3.63) is 35.4 Å². The lowest BCUT2D eigenvalue weighted by molar-refractivity contribution is 0.114. The summed E-state index contributed by atoms with van der Waals surface area (Å²) in [5.74, 6) is 0.844. The maximum atomic E-state index is 5.68. The quantitative estimate of drug-likeness (QED) is 0.341. The Balaban J connectivity index is 0.00000280. The van der Waals surface area contributed by atoms with Crippen LogP contribution in [0.15, 0.2) is 29.3 Å². The van der Waals surface area contributed by atoms with Crippen LogP contribution in [0.25, 0.3) is 0 Å². The molecule has 0 aliphatic carbocycles. The van der Waals surface area contributed by atoms with Crippen LogP contribution in [0, 0.1) is 0 Å². The molecule has 0 radical (unpaired) electrons. The lowest BCUT2D eigenvalue weighted by Gasteiger charge is -2.34. The van der Waals surface area contributed by atoms with Gasteiger partial charge >= 0.3 is 0 Å². The standard InChI is InChI=1S/C21H35N5O.HI/c1-3-25-10-12-26(13-11-25)17-19-8-5-4-7-18(19)15-23-21(22-2)24-16-20-9-6-14-27-20;/h4-5,7-8,20H,3,6,9-17H2,1-2H3,(H2,22,23,24);1H. The summed E-state index contributed by atoms with van der Waals surface area (Å²) in [5.41, 5.74) is 2.75. The summed E-state index contributed by atoms with van der Waals surface area (Å²) in [5, 5.41) is 6.85. The predicted octanol–water partition coefficient (Wildman–Crippen LogP) is 2.29. The van der Waals surface area contributed by atoms with Gasteiger partial charge in [-0.1, -0.05) is 31.2 Å². The summed E-state index contributed by atoms with van der Waals surface area (Å²) in [6, 6.07) is 8.74. The Labute approximate surface area is 187 Å². The first-order valence-corrected chi connectivity index (χ1v) is 10.4. The molecular weight excluding hydrogens is 465 g/mol. The highest BCUT2D eigenvalue weighted by atomic mass is 127. The monoisotopic (exact) mass is 501 g/mol. The van der Waals surface area contributed by atoms with Crippen molar-refractivity contribution in [3.63, 3.8) is 0 Å². The highest BCUT2D eigenvalue weighted by Gasteiger charge is 2.17. The number of halogens is 1. The summed E-state index contributed by atoms with van der Waals surface area (Å²) >= 11 is 0. The van der Waals surface area contributed by atoms with Gasteiger partial charge in [-0.2, -0.15) is 0 Å². The molecule has 0 bridgehead atoms. The van der Waals surface area contributed by atoms with Crippen molar-refractivity contribution in [2.75, 3.05) is 52.9 Å². The minimum absolute atomic E-state index is 0. The Morgan fingerprint density at radius 1 is 1.11 bits per heavy atom. The van der Waals surface area contributed by atoms with E-state index < -0.39 is 0 Å². The second-order valence-electron chi connectivity index (χ2n) is 7.42. The first kappa shape index (κ1) is 23.4. The van der Waals surface area contributed by atoms with Gasteiger partial charge in [0.05, 0.1) is 6.10 Å². The second-order valence-corrected chi connectivity index (χ2v) is 7.42. The van der Waals surface area contributed by atoms with E-state index in [-0.39, 0.29) is 24.0 Å². The van der Waals surface area contributed by atoms with Gasteiger partial charge in [-0.15, -0.1) is 24.0 Å². The Hall–Kier alpha value is -0.900. The fraction of sp³-hybridized carbons (Fsp3) is 0.667. The van der Waals surface area contributed by atoms with E-state index in [1.165, 1.54) is 24.2 Å². The highest BCUT2D eigenvalue weighted by molar-refractivity contribution is 14.0. The molecule has 158 valence electrons. The van der Waals surface area contributed by atoms with E-state index in [9.17, 15) is 0 Å². The highest BCUT2D eigenvalue weighted by Crippen LogP contribution is 2.14. The fourth-order valence-corrected chi connectivity index (χ4v) is 3.80. The number of rotatable bonds is 7. The zero-order valence-corrected chi connectivity index (χ0v) is 19.7. The Bertz CT molecular complexity index is 598. The van der Waals surface area contributed by atoms with Crippen LogP contribution in [0.4, 0.5) is 0 Å². The van der Waals surface area contributed by atoms with Crippen molar-refractivity contribution in [1.29, 1.82) is 0 Å². The van der Waals surface area contributed by atoms with Crippen LogP contribution in [0.1, 0.15) is 30.9 Å². The van der Waals surface area contributed by atoms with Gasteiger partial charge in [0, 0.05) is 59.5 Å². The van der Waals surface area contributed by atoms with Crippen molar-refractivity contribution in [1.82, 2.24) is 20.4 Å². The van der Waals surface area contributed by atoms with E-state index in [0.29, 0.717) is 6.10 Å². The van der Waals surface area contributed by atoms with Crippen LogP contribution in [0.2, 0.25) is 0 Å². The molecule has 2 fully saturated rings. The molecule has 7 heteroatoms. The molecule has 1 atom stereocenters. The summed E-state index contributed by atoms with van der Waals surface area (Å²) in [6.07, 6.45) is 2.62. The van der Waals surface area contributed by atoms with Gasteiger partial charge in [0.2, 0.25) is 0 Å². The normalized spacial score (nSPS) is 21.4. The Morgan fingerprint density at radius 3 is 2.46 bits per heavy atom. The van der Waals surface area contributed by atoms with E-state index in [1.54, 1.807) is 0 Å². The number of ether oxygens (including phenoxy) is 1. The van der Waals surface area contributed by atoms with Crippen LogP contribution in [0.3, 0.4) is 0 Å². The summed E-state index contributed by atoms with van der Waals surface area (Å²) in [6.45, 7) is 11.6. The first-order chi connectivity index (χ1) is 13.3. The average molecular weight is 501 g/mol. The predicted molar refractivity (Wildman–Crippen MR) is 126 cm³/mol. The molecule has 0 aromatic heterocycles. The van der Waals surface area contributed by atoms with Crippen LogP contribution < -0.4 is 10.6 Å². The Kier molecular flexibility index (Phi) is 10.5. The summed E-state index contributed by atoms with van der Waals surface area (Å²) < 4.78 is 5.68. The van der Waals surface area contributed by atoms with Crippen LogP contribution >= 0.6 is 24.0 Å². The third-order valence-corrected chi connectivity index (χ3v) is 5.62. The molecule has 2 N–H and O–H groups in total. The third kappa shape index (κ3) is 7.17. The van der Waals surface area contributed by atoms with E-state index in [1.807, 2.05) is 7.05 Å². The number of aliphatic imine (C=N–C) groups is 1. The molecule has 0 amide bonds. The molecule has 0 spiro atoms. The van der Waals surface area contributed by atoms with E-state index in [4.69, 9.17) is 4.74 Å². The van der Waals surface area contributed by atoms with E-state index in [2.05, 4.69) is 56.6 Å². The average Bonchev–Trinajstić information content (AvgIpc) is 3.23. The minimum Gasteiger partial charge on any atom is -0.376 e. The molecule has 28 heavy (non-hydrogen) atoms. The number of hydrogen-bond acceptors (Lipinski definition) is 4. The SMILES string of the molecule is CCN1CCN(Cc2ccccc2CNC(=NC)NCC2CCCO2)CC1.I. The van der Waals surface area contributed by atoms with Gasteiger partial charge in [-0.3, -0.25) is 9.89 Å². The zero-order valence-electron chi connectivity index (χ0n) is 17.3. The largest absolute Gasteiger partial charge is 0.376 e. The maximum absolute atomic E-state index is 5.68. The summed E-state index contributed by atoms with van der Waals surface area (Å²) in [7, 11) is 1.82. The molecule has 6 nitrogen and oxygen atoms in total. The minimum atomic E-state index is 0. The van der Waals surface area contributed by atoms with Crippen LogP contribution in [0.5, 0.6) is 0 Å². The molecule has 3 rings (SSSR count). The fourth-order valence-electron chi connectivity index (χ4n) is 3.80.